The number of esters is 1. The fourth-order valence-electron chi connectivity index (χ4n) is 4.99. The number of nitrogens with zero attached hydrogens (tertiary/aromatic N) is 2. The third-order valence-electron chi connectivity index (χ3n) is 6.28. The summed E-state index contributed by atoms with van der Waals surface area (Å²) in [5, 5.41) is 0. The highest BCUT2D eigenvalue weighted by molar-refractivity contribution is 5.79. The van der Waals surface area contributed by atoms with Gasteiger partial charge in [-0.2, -0.15) is 0 Å². The smallest absolute Gasteiger partial charge is 0.410 e. The molecule has 3 heterocycles. The minimum atomic E-state index is -0.677. The van der Waals surface area contributed by atoms with E-state index in [9.17, 15) is 9.59 Å². The molecule has 0 aliphatic carbocycles. The molecule has 2 atom stereocenters. The molecule has 29 heavy (non-hydrogen) atoms. The van der Waals surface area contributed by atoms with Crippen LogP contribution in [0.4, 0.5) is 4.79 Å². The van der Waals surface area contributed by atoms with E-state index in [4.69, 9.17) is 14.2 Å². The number of likely N-dealkylation sites (tertiary alicyclic amines) is 2. The summed E-state index contributed by atoms with van der Waals surface area (Å²) in [7, 11) is 1.44. The molecule has 0 saturated carbocycles. The highest BCUT2D eigenvalue weighted by Crippen LogP contribution is 2.54. The van der Waals surface area contributed by atoms with Crippen molar-refractivity contribution in [3.8, 4) is 0 Å². The lowest BCUT2D eigenvalue weighted by molar-refractivity contribution is -0.153. The van der Waals surface area contributed by atoms with Crippen LogP contribution in [0, 0.1) is 11.3 Å². The Morgan fingerprint density at radius 3 is 2.48 bits per heavy atom. The van der Waals surface area contributed by atoms with Gasteiger partial charge in [0.15, 0.2) is 0 Å². The summed E-state index contributed by atoms with van der Waals surface area (Å²) in [6.45, 7) is 8.92. The number of amides is 1. The summed E-state index contributed by atoms with van der Waals surface area (Å²) in [5.41, 5.74) is -0.502. The van der Waals surface area contributed by atoms with Crippen molar-refractivity contribution in [2.24, 2.45) is 11.3 Å². The van der Waals surface area contributed by atoms with Gasteiger partial charge in [0, 0.05) is 25.6 Å². The number of carbonyl (C=O) groups is 2. The Labute approximate surface area is 171 Å². The maximum absolute atomic E-state index is 12.8. The monoisotopic (exact) mass is 402 g/mol. The molecule has 0 bridgehead atoms. The summed E-state index contributed by atoms with van der Waals surface area (Å²) >= 11 is 0. The van der Waals surface area contributed by atoms with E-state index in [1.165, 1.54) is 12.7 Å². The van der Waals surface area contributed by atoms with Gasteiger partial charge >= 0.3 is 12.1 Å². The van der Waals surface area contributed by atoms with Crippen molar-refractivity contribution in [2.75, 3.05) is 39.9 Å². The molecule has 0 aromatic heterocycles. The van der Waals surface area contributed by atoms with Gasteiger partial charge in [-0.3, -0.25) is 9.69 Å². The van der Waals surface area contributed by atoms with Gasteiger partial charge < -0.3 is 19.1 Å². The predicted octanol–water partition coefficient (Wildman–Crippen LogP) is 2.30. The van der Waals surface area contributed by atoms with Crippen molar-refractivity contribution >= 4 is 12.1 Å². The molecular weight excluding hydrogens is 372 g/mol. The van der Waals surface area contributed by atoms with Crippen molar-refractivity contribution in [1.29, 1.82) is 0 Å². The van der Waals surface area contributed by atoms with Crippen molar-refractivity contribution in [3.63, 3.8) is 0 Å². The van der Waals surface area contributed by atoms with Gasteiger partial charge in [0.05, 0.1) is 26.8 Å². The van der Waals surface area contributed by atoms with Crippen LogP contribution in [0.2, 0.25) is 0 Å². The van der Waals surface area contributed by atoms with E-state index >= 15 is 0 Å². The van der Waals surface area contributed by atoms with Crippen molar-refractivity contribution in [2.45, 2.75) is 38.5 Å². The van der Waals surface area contributed by atoms with E-state index in [0.717, 1.165) is 13.1 Å². The van der Waals surface area contributed by atoms with Crippen LogP contribution in [0.15, 0.2) is 30.3 Å². The molecule has 7 nitrogen and oxygen atoms in total. The molecule has 1 amide bonds. The molecule has 7 heteroatoms. The van der Waals surface area contributed by atoms with Crippen LogP contribution in [0.25, 0.3) is 0 Å². The predicted molar refractivity (Wildman–Crippen MR) is 106 cm³/mol. The maximum Gasteiger partial charge on any atom is 0.410 e. The van der Waals surface area contributed by atoms with Crippen LogP contribution in [0.5, 0.6) is 0 Å². The van der Waals surface area contributed by atoms with E-state index in [1.54, 1.807) is 4.90 Å². The highest BCUT2D eigenvalue weighted by Gasteiger charge is 2.70. The molecule has 0 unspecified atom stereocenters. The summed E-state index contributed by atoms with van der Waals surface area (Å²) in [5.74, 6) is -0.226. The zero-order chi connectivity index (χ0) is 20.9. The first-order chi connectivity index (χ1) is 13.7. The van der Waals surface area contributed by atoms with Crippen LogP contribution < -0.4 is 0 Å². The van der Waals surface area contributed by atoms with E-state index < -0.39 is 16.6 Å². The summed E-state index contributed by atoms with van der Waals surface area (Å²) in [6, 6.07) is 10.2. The molecule has 0 N–H and O–H groups in total. The number of hydrogen-bond donors (Lipinski definition) is 0. The van der Waals surface area contributed by atoms with Crippen LogP contribution in [-0.4, -0.2) is 73.0 Å². The number of hydrogen-bond acceptors (Lipinski definition) is 6. The van der Waals surface area contributed by atoms with Gasteiger partial charge in [-0.25, -0.2) is 4.79 Å². The van der Waals surface area contributed by atoms with E-state index in [1.807, 2.05) is 39.0 Å². The maximum atomic E-state index is 12.8. The van der Waals surface area contributed by atoms with Gasteiger partial charge in [-0.15, -0.1) is 0 Å². The second kappa shape index (κ2) is 6.99. The van der Waals surface area contributed by atoms with Gasteiger partial charge in [0.25, 0.3) is 0 Å². The summed E-state index contributed by atoms with van der Waals surface area (Å²) < 4.78 is 16.9. The molecular formula is C22H30N2O5. The summed E-state index contributed by atoms with van der Waals surface area (Å²) in [4.78, 5) is 29.2. The molecule has 0 radical (unpaired) electrons. The average Bonchev–Trinajstić information content (AvgIpc) is 3.13. The molecule has 3 saturated heterocycles. The van der Waals surface area contributed by atoms with Gasteiger partial charge in [-0.1, -0.05) is 30.3 Å². The molecule has 4 rings (SSSR count). The third kappa shape index (κ3) is 3.51. The van der Waals surface area contributed by atoms with Crippen LogP contribution in [0.1, 0.15) is 26.3 Å². The first-order valence-electron chi connectivity index (χ1n) is 10.1. The zero-order valence-electron chi connectivity index (χ0n) is 17.6. The summed E-state index contributed by atoms with van der Waals surface area (Å²) in [6.07, 6.45) is -0.332. The fraction of sp³-hybridized carbons (Fsp3) is 0.636. The van der Waals surface area contributed by atoms with Crippen molar-refractivity contribution in [3.05, 3.63) is 35.9 Å². The van der Waals surface area contributed by atoms with Crippen molar-refractivity contribution in [1.82, 2.24) is 9.80 Å². The van der Waals surface area contributed by atoms with Gasteiger partial charge in [-0.05, 0) is 26.3 Å². The molecule has 3 aliphatic heterocycles. The zero-order valence-corrected chi connectivity index (χ0v) is 17.6. The standard InChI is InChI=1S/C22H30N2O5/c1-20(2,3)29-19(26)24-13-22(14-24)17-11-23(10-16-8-6-5-7-9-16)12-21(17,15-28-22)18(25)27-4/h5-9,17H,10-15H2,1-4H3/t17-,21+/m0/s1. The Balaban J connectivity index is 1.49. The Kier molecular flexibility index (Phi) is 4.86. The van der Waals surface area contributed by atoms with E-state index in [-0.39, 0.29) is 18.0 Å². The lowest BCUT2D eigenvalue weighted by Gasteiger charge is -2.50. The van der Waals surface area contributed by atoms with Crippen molar-refractivity contribution < 1.29 is 23.8 Å². The topological polar surface area (TPSA) is 68.3 Å². The fourth-order valence-corrected chi connectivity index (χ4v) is 4.99. The molecule has 1 spiro atoms. The second-order valence-electron chi connectivity index (χ2n) is 9.55. The minimum absolute atomic E-state index is 0.00940. The third-order valence-corrected chi connectivity index (χ3v) is 6.28. The lowest BCUT2D eigenvalue weighted by atomic mass is 9.69. The molecule has 3 aliphatic rings. The number of methoxy groups -OCH3 is 1. The quantitative estimate of drug-likeness (QED) is 0.723. The Morgan fingerprint density at radius 2 is 1.86 bits per heavy atom. The number of rotatable bonds is 3. The average molecular weight is 402 g/mol. The molecule has 3 fully saturated rings. The number of carbonyl (C=O) groups excluding carboxylic acids is 2. The molecule has 1 aromatic carbocycles. The highest BCUT2D eigenvalue weighted by atomic mass is 16.6. The van der Waals surface area contributed by atoms with Crippen LogP contribution in [-0.2, 0) is 25.5 Å². The van der Waals surface area contributed by atoms with E-state index in [2.05, 4.69) is 17.0 Å². The van der Waals surface area contributed by atoms with Gasteiger partial charge in [0.1, 0.15) is 16.6 Å². The van der Waals surface area contributed by atoms with Gasteiger partial charge in [0.2, 0.25) is 0 Å². The second-order valence-corrected chi connectivity index (χ2v) is 9.55. The van der Waals surface area contributed by atoms with E-state index in [0.29, 0.717) is 26.2 Å². The number of fused-ring (bicyclic) bond motifs is 2. The van der Waals surface area contributed by atoms with Crippen LogP contribution in [0.3, 0.4) is 0 Å². The Morgan fingerprint density at radius 1 is 1.17 bits per heavy atom. The SMILES string of the molecule is COC(=O)[C@]12COC3(CN(C(=O)OC(C)(C)C)C3)[C@H]1CN(Cc1ccccc1)C2. The molecule has 158 valence electrons. The van der Waals surface area contributed by atoms with Crippen LogP contribution >= 0.6 is 0 Å². The largest absolute Gasteiger partial charge is 0.468 e. The normalized spacial score (nSPS) is 28.1. The minimum Gasteiger partial charge on any atom is -0.468 e. The number of benzene rings is 1. The number of ether oxygens (including phenoxy) is 3. The lowest BCUT2D eigenvalue weighted by Crippen LogP contribution is -2.68. The molecule has 1 aromatic rings. The Hall–Kier alpha value is -2.12. The Bertz CT molecular complexity index is 784. The first kappa shape index (κ1) is 20.2. The first-order valence-corrected chi connectivity index (χ1v) is 10.1.